The molecule has 0 saturated heterocycles. The molecule has 1 heterocycles. The fourth-order valence-corrected chi connectivity index (χ4v) is 5.30. The van der Waals surface area contributed by atoms with E-state index < -0.39 is 0 Å². The summed E-state index contributed by atoms with van der Waals surface area (Å²) in [4.78, 5) is 33.6. The molecule has 1 fully saturated rings. The van der Waals surface area contributed by atoms with Crippen LogP contribution in [-0.2, 0) is 22.6 Å². The van der Waals surface area contributed by atoms with E-state index in [9.17, 15) is 9.59 Å². The molecule has 4 rings (SSSR count). The summed E-state index contributed by atoms with van der Waals surface area (Å²) in [6, 6.07) is 18.4. The second kappa shape index (κ2) is 12.6. The number of carbonyl (C=O) groups excluding carboxylic acids is 2. The fourth-order valence-electron chi connectivity index (χ4n) is 5.30. The number of amides is 2. The van der Waals surface area contributed by atoms with Crippen LogP contribution in [0.2, 0.25) is 0 Å². The third-order valence-electron chi connectivity index (χ3n) is 7.31. The summed E-state index contributed by atoms with van der Waals surface area (Å²) in [5.74, 6) is 0.837. The third kappa shape index (κ3) is 6.97. The zero-order chi connectivity index (χ0) is 24.5. The molecule has 0 radical (unpaired) electrons. The quantitative estimate of drug-likeness (QED) is 0.353. The highest BCUT2D eigenvalue weighted by atomic mass is 16.2. The van der Waals surface area contributed by atoms with Crippen molar-refractivity contribution in [2.75, 3.05) is 19.6 Å². The molecule has 5 nitrogen and oxygen atoms in total. The zero-order valence-corrected chi connectivity index (χ0v) is 21.0. The normalized spacial score (nSPS) is 13.9. The summed E-state index contributed by atoms with van der Waals surface area (Å²) >= 11 is 0. The monoisotopic (exact) mass is 473 g/mol. The molecule has 1 N–H and O–H groups in total. The zero-order valence-electron chi connectivity index (χ0n) is 21.0. The van der Waals surface area contributed by atoms with E-state index in [-0.39, 0.29) is 18.4 Å². The maximum atomic E-state index is 13.5. The number of hydrogen-bond donors (Lipinski definition) is 1. The Morgan fingerprint density at radius 2 is 1.66 bits per heavy atom. The highest BCUT2D eigenvalue weighted by Gasteiger charge is 2.23. The predicted octanol–water partition coefficient (Wildman–Crippen LogP) is 5.95. The van der Waals surface area contributed by atoms with Gasteiger partial charge in [-0.2, -0.15) is 0 Å². The summed E-state index contributed by atoms with van der Waals surface area (Å²) < 4.78 is 0. The lowest BCUT2D eigenvalue weighted by Gasteiger charge is -2.28. The Balaban J connectivity index is 1.43. The van der Waals surface area contributed by atoms with E-state index in [1.165, 1.54) is 36.6 Å². The van der Waals surface area contributed by atoms with Gasteiger partial charge in [0.2, 0.25) is 11.8 Å². The first kappa shape index (κ1) is 25.0. The van der Waals surface area contributed by atoms with Crippen molar-refractivity contribution >= 4 is 22.7 Å². The highest BCUT2D eigenvalue weighted by molar-refractivity contribution is 5.85. The van der Waals surface area contributed by atoms with Crippen molar-refractivity contribution < 1.29 is 9.59 Å². The number of nitrogens with zero attached hydrogens (tertiary/aromatic N) is 2. The van der Waals surface area contributed by atoms with Gasteiger partial charge in [0, 0.05) is 43.2 Å². The molecule has 35 heavy (non-hydrogen) atoms. The number of nitrogens with one attached hydrogen (secondary N) is 1. The van der Waals surface area contributed by atoms with Crippen LogP contribution in [0.3, 0.4) is 0 Å². The lowest BCUT2D eigenvalue weighted by Crippen LogP contribution is -2.43. The van der Waals surface area contributed by atoms with Gasteiger partial charge in [0.15, 0.2) is 0 Å². The molecule has 5 heteroatoms. The number of hydrogen-bond acceptors (Lipinski definition) is 2. The molecule has 1 aliphatic rings. The van der Waals surface area contributed by atoms with Crippen LogP contribution in [0.25, 0.3) is 10.9 Å². The van der Waals surface area contributed by atoms with Crippen LogP contribution < -0.4 is 0 Å². The van der Waals surface area contributed by atoms with E-state index >= 15 is 0 Å². The van der Waals surface area contributed by atoms with Crippen LogP contribution in [0.4, 0.5) is 0 Å². The standard InChI is InChI=1S/C30H39N3O2/c1-2-19-32(29(34)17-16-24-10-6-7-11-24)23-30(35)33(22-25-12-4-3-5-13-25)20-18-26-21-31-28-15-9-8-14-27(26)28/h3-5,8-9,12-15,21,24,31H,2,6-7,10-11,16-20,22-23H2,1H3. The Morgan fingerprint density at radius 3 is 2.43 bits per heavy atom. The second-order valence-corrected chi connectivity index (χ2v) is 9.91. The smallest absolute Gasteiger partial charge is 0.242 e. The number of fused-ring (bicyclic) bond motifs is 1. The van der Waals surface area contributed by atoms with Crippen LogP contribution in [0.15, 0.2) is 60.8 Å². The van der Waals surface area contributed by atoms with Crippen molar-refractivity contribution in [1.29, 1.82) is 0 Å². The largest absolute Gasteiger partial charge is 0.361 e. The van der Waals surface area contributed by atoms with E-state index in [1.54, 1.807) is 4.90 Å². The maximum Gasteiger partial charge on any atom is 0.242 e. The van der Waals surface area contributed by atoms with Crippen molar-refractivity contribution in [3.05, 3.63) is 71.9 Å². The predicted molar refractivity (Wildman–Crippen MR) is 142 cm³/mol. The molecule has 0 bridgehead atoms. The van der Waals surface area contributed by atoms with Crippen LogP contribution >= 0.6 is 0 Å². The molecule has 0 spiro atoms. The molecule has 1 saturated carbocycles. The molecule has 3 aromatic rings. The van der Waals surface area contributed by atoms with Gasteiger partial charge in [-0.1, -0.05) is 81.1 Å². The minimum Gasteiger partial charge on any atom is -0.361 e. The second-order valence-electron chi connectivity index (χ2n) is 9.91. The minimum absolute atomic E-state index is 0.0244. The third-order valence-corrected chi connectivity index (χ3v) is 7.31. The first-order valence-corrected chi connectivity index (χ1v) is 13.3. The van der Waals surface area contributed by atoms with Gasteiger partial charge < -0.3 is 14.8 Å². The Bertz CT molecular complexity index is 1090. The molecular weight excluding hydrogens is 434 g/mol. The molecule has 2 aromatic carbocycles. The van der Waals surface area contributed by atoms with Gasteiger partial charge in [-0.25, -0.2) is 0 Å². The fraction of sp³-hybridized carbons (Fsp3) is 0.467. The molecule has 0 aliphatic heterocycles. The summed E-state index contributed by atoms with van der Waals surface area (Å²) in [5, 5.41) is 1.20. The van der Waals surface area contributed by atoms with Crippen molar-refractivity contribution in [2.24, 2.45) is 5.92 Å². The molecular formula is C30H39N3O2. The first-order chi connectivity index (χ1) is 17.1. The number of carbonyl (C=O) groups is 2. The molecule has 2 amide bonds. The van der Waals surface area contributed by atoms with Crippen molar-refractivity contribution in [3.8, 4) is 0 Å². The van der Waals surface area contributed by atoms with Crippen molar-refractivity contribution in [1.82, 2.24) is 14.8 Å². The summed E-state index contributed by atoms with van der Waals surface area (Å²) in [5.41, 5.74) is 3.43. The van der Waals surface area contributed by atoms with Gasteiger partial charge in [0.1, 0.15) is 0 Å². The molecule has 0 atom stereocenters. The van der Waals surface area contributed by atoms with Gasteiger partial charge in [-0.15, -0.1) is 0 Å². The highest BCUT2D eigenvalue weighted by Crippen LogP contribution is 2.28. The van der Waals surface area contributed by atoms with Gasteiger partial charge in [-0.3, -0.25) is 9.59 Å². The maximum absolute atomic E-state index is 13.5. The lowest BCUT2D eigenvalue weighted by molar-refractivity contribution is -0.141. The van der Waals surface area contributed by atoms with Crippen LogP contribution in [0.1, 0.15) is 63.0 Å². The average Bonchev–Trinajstić information content (AvgIpc) is 3.55. The van der Waals surface area contributed by atoms with Gasteiger partial charge in [0.25, 0.3) is 0 Å². The van der Waals surface area contributed by atoms with Gasteiger partial charge in [0.05, 0.1) is 6.54 Å². The van der Waals surface area contributed by atoms with Crippen molar-refractivity contribution in [2.45, 2.75) is 64.8 Å². The van der Waals surface area contributed by atoms with Crippen molar-refractivity contribution in [3.63, 3.8) is 0 Å². The molecule has 186 valence electrons. The van der Waals surface area contributed by atoms with Gasteiger partial charge in [-0.05, 0) is 42.4 Å². The Morgan fingerprint density at radius 1 is 0.914 bits per heavy atom. The number of H-pyrrole nitrogens is 1. The minimum atomic E-state index is 0.0244. The van der Waals surface area contributed by atoms with Crippen LogP contribution in [0, 0.1) is 5.92 Å². The number of benzene rings is 2. The lowest BCUT2D eigenvalue weighted by atomic mass is 10.0. The van der Waals surface area contributed by atoms with E-state index in [2.05, 4.69) is 36.2 Å². The number of aromatic amines is 1. The summed E-state index contributed by atoms with van der Waals surface area (Å²) in [6.07, 6.45) is 10.3. The molecule has 1 aromatic heterocycles. The van der Waals surface area contributed by atoms with E-state index in [4.69, 9.17) is 0 Å². The Hall–Kier alpha value is -3.08. The first-order valence-electron chi connectivity index (χ1n) is 13.3. The number of para-hydroxylation sites is 1. The van der Waals surface area contributed by atoms with E-state index in [0.29, 0.717) is 32.0 Å². The number of rotatable bonds is 12. The Kier molecular flexibility index (Phi) is 8.99. The van der Waals surface area contributed by atoms with Crippen LogP contribution in [-0.4, -0.2) is 46.2 Å². The SMILES string of the molecule is CCCN(CC(=O)N(CCc1c[nH]c2ccccc12)Cc1ccccc1)C(=O)CCC1CCCC1. The van der Waals surface area contributed by atoms with E-state index in [0.717, 1.165) is 30.3 Å². The van der Waals surface area contributed by atoms with Crippen LogP contribution in [0.5, 0.6) is 0 Å². The van der Waals surface area contributed by atoms with E-state index in [1.807, 2.05) is 41.4 Å². The molecule has 0 unspecified atom stereocenters. The summed E-state index contributed by atoms with van der Waals surface area (Å²) in [6.45, 7) is 4.04. The average molecular weight is 474 g/mol. The number of aromatic nitrogens is 1. The Labute approximate surface area is 209 Å². The topological polar surface area (TPSA) is 56.4 Å². The molecule has 1 aliphatic carbocycles. The summed E-state index contributed by atoms with van der Waals surface area (Å²) in [7, 11) is 0. The van der Waals surface area contributed by atoms with Gasteiger partial charge >= 0.3 is 0 Å².